The second kappa shape index (κ2) is 7.79. The lowest BCUT2D eigenvalue weighted by molar-refractivity contribution is -0.120. The van der Waals surface area contributed by atoms with Gasteiger partial charge in [-0.25, -0.2) is 14.2 Å². The van der Waals surface area contributed by atoms with Crippen LogP contribution in [0, 0.1) is 6.92 Å². The van der Waals surface area contributed by atoms with Crippen molar-refractivity contribution < 1.29 is 14.1 Å². The molecule has 2 heterocycles. The Morgan fingerprint density at radius 1 is 1.23 bits per heavy atom. The van der Waals surface area contributed by atoms with Gasteiger partial charge >= 0.3 is 11.8 Å². The minimum atomic E-state index is -0.766. The summed E-state index contributed by atoms with van der Waals surface area (Å²) >= 11 is 1.50. The van der Waals surface area contributed by atoms with Crippen molar-refractivity contribution in [1.29, 1.82) is 0 Å². The molecule has 3 amide bonds. The molecule has 2 N–H and O–H groups in total. The predicted octanol–water partition coefficient (Wildman–Crippen LogP) is 1.90. The average molecular weight is 372 g/mol. The molecule has 0 spiro atoms. The van der Waals surface area contributed by atoms with Gasteiger partial charge in [-0.15, -0.1) is 11.3 Å². The molecular weight excluding hydrogens is 356 g/mol. The quantitative estimate of drug-likeness (QED) is 0.711. The maximum Gasteiger partial charge on any atom is 0.442 e. The Hall–Kier alpha value is -3.20. The molecule has 1 aromatic carbocycles. The monoisotopic (exact) mass is 372 g/mol. The van der Waals surface area contributed by atoms with Crippen molar-refractivity contribution >= 4 is 23.3 Å². The number of amides is 3. The Morgan fingerprint density at radius 3 is 2.77 bits per heavy atom. The number of carbonyl (C=O) groups excluding carboxylic acids is 2. The van der Waals surface area contributed by atoms with E-state index in [1.54, 1.807) is 12.1 Å². The van der Waals surface area contributed by atoms with Crippen molar-refractivity contribution in [2.24, 2.45) is 0 Å². The summed E-state index contributed by atoms with van der Waals surface area (Å²) in [4.78, 5) is 36.8. The maximum absolute atomic E-state index is 12.1. The van der Waals surface area contributed by atoms with Gasteiger partial charge in [-0.2, -0.15) is 0 Å². The van der Waals surface area contributed by atoms with Gasteiger partial charge < -0.3 is 5.32 Å². The van der Waals surface area contributed by atoms with Crippen LogP contribution in [0.25, 0.3) is 11.4 Å². The second-order valence-corrected chi connectivity index (χ2v) is 6.52. The lowest BCUT2D eigenvalue weighted by Crippen LogP contribution is -2.41. The zero-order valence-corrected chi connectivity index (χ0v) is 14.7. The number of urea groups is 1. The number of aromatic nitrogens is 2. The molecule has 0 bridgehead atoms. The first kappa shape index (κ1) is 17.6. The van der Waals surface area contributed by atoms with Crippen molar-refractivity contribution in [2.75, 3.05) is 0 Å². The number of hydrogen-bond acceptors (Lipinski definition) is 6. The highest BCUT2D eigenvalue weighted by molar-refractivity contribution is 7.09. The van der Waals surface area contributed by atoms with Crippen molar-refractivity contribution in [1.82, 2.24) is 20.4 Å². The fourth-order valence-electron chi connectivity index (χ4n) is 2.36. The van der Waals surface area contributed by atoms with Gasteiger partial charge in [-0.1, -0.05) is 35.5 Å². The standard InChI is InChI=1S/C17H16N4O4S/c1-11-5-2-3-7-13(11)15-20-25-17(24)21(15)10-14(22)19-16(23)18-9-12-6-4-8-26-12/h2-8H,9-10H2,1H3,(H2,18,19,22,23). The molecule has 0 radical (unpaired) electrons. The molecule has 0 unspecified atom stereocenters. The topological polar surface area (TPSA) is 106 Å². The van der Waals surface area contributed by atoms with Crippen molar-refractivity contribution in [3.05, 3.63) is 62.8 Å². The molecule has 2 aromatic heterocycles. The molecule has 8 nitrogen and oxygen atoms in total. The predicted molar refractivity (Wildman–Crippen MR) is 95.6 cm³/mol. The van der Waals surface area contributed by atoms with Gasteiger partial charge in [0.15, 0.2) is 5.82 Å². The van der Waals surface area contributed by atoms with Crippen LogP contribution >= 0.6 is 11.3 Å². The van der Waals surface area contributed by atoms with E-state index in [-0.39, 0.29) is 12.4 Å². The Balaban J connectivity index is 1.66. The van der Waals surface area contributed by atoms with Crippen LogP contribution < -0.4 is 16.4 Å². The summed E-state index contributed by atoms with van der Waals surface area (Å²) < 4.78 is 5.77. The van der Waals surface area contributed by atoms with E-state index in [1.165, 1.54) is 11.3 Å². The first-order valence-corrected chi connectivity index (χ1v) is 8.65. The molecule has 0 saturated heterocycles. The van der Waals surface area contributed by atoms with Crippen molar-refractivity contribution in [3.8, 4) is 11.4 Å². The first-order chi connectivity index (χ1) is 12.5. The van der Waals surface area contributed by atoms with E-state index < -0.39 is 17.7 Å². The van der Waals surface area contributed by atoms with E-state index in [4.69, 9.17) is 0 Å². The number of thiophene rings is 1. The van der Waals surface area contributed by atoms with Crippen LogP contribution in [0.4, 0.5) is 4.79 Å². The summed E-state index contributed by atoms with van der Waals surface area (Å²) in [7, 11) is 0. The number of imide groups is 1. The number of benzene rings is 1. The fraction of sp³-hybridized carbons (Fsp3) is 0.176. The molecule has 0 aliphatic carbocycles. The van der Waals surface area contributed by atoms with E-state index in [9.17, 15) is 14.4 Å². The molecule has 0 aliphatic heterocycles. The molecule has 3 aromatic rings. The van der Waals surface area contributed by atoms with Crippen LogP contribution in [-0.2, 0) is 17.9 Å². The largest absolute Gasteiger partial charge is 0.442 e. The van der Waals surface area contributed by atoms with Crippen molar-refractivity contribution in [2.45, 2.75) is 20.0 Å². The molecule has 0 aliphatic rings. The van der Waals surface area contributed by atoms with E-state index in [0.29, 0.717) is 12.1 Å². The maximum atomic E-state index is 12.1. The van der Waals surface area contributed by atoms with E-state index in [1.807, 2.05) is 36.6 Å². The van der Waals surface area contributed by atoms with E-state index >= 15 is 0 Å². The van der Waals surface area contributed by atoms with E-state index in [0.717, 1.165) is 15.0 Å². The summed E-state index contributed by atoms with van der Waals surface area (Å²) in [6, 6.07) is 10.4. The Morgan fingerprint density at radius 2 is 2.04 bits per heavy atom. The van der Waals surface area contributed by atoms with Gasteiger partial charge in [-0.3, -0.25) is 14.6 Å². The van der Waals surface area contributed by atoms with Crippen LogP contribution in [0.3, 0.4) is 0 Å². The van der Waals surface area contributed by atoms with E-state index in [2.05, 4.69) is 20.3 Å². The SMILES string of the molecule is Cc1ccccc1-c1noc(=O)n1CC(=O)NC(=O)NCc1cccs1. The first-order valence-electron chi connectivity index (χ1n) is 7.77. The normalized spacial score (nSPS) is 10.5. The number of aryl methyl sites for hydroxylation is 1. The van der Waals surface area contributed by atoms with Crippen LogP contribution in [0.1, 0.15) is 10.4 Å². The molecule has 26 heavy (non-hydrogen) atoms. The number of rotatable bonds is 5. The summed E-state index contributed by atoms with van der Waals surface area (Å²) in [6.07, 6.45) is 0. The smallest absolute Gasteiger partial charge is 0.333 e. The molecule has 3 rings (SSSR count). The van der Waals surface area contributed by atoms with Gasteiger partial charge in [0.05, 0.1) is 6.54 Å². The lowest BCUT2D eigenvalue weighted by atomic mass is 10.1. The van der Waals surface area contributed by atoms with Crippen LogP contribution in [0.2, 0.25) is 0 Å². The zero-order chi connectivity index (χ0) is 18.5. The van der Waals surface area contributed by atoms with Gasteiger partial charge in [-0.05, 0) is 23.9 Å². The van der Waals surface area contributed by atoms with Crippen LogP contribution in [-0.4, -0.2) is 21.7 Å². The van der Waals surface area contributed by atoms with Crippen LogP contribution in [0.5, 0.6) is 0 Å². The van der Waals surface area contributed by atoms with Gasteiger partial charge in [0.1, 0.15) is 6.54 Å². The van der Waals surface area contributed by atoms with Gasteiger partial charge in [0.25, 0.3) is 0 Å². The third-order valence-corrected chi connectivity index (χ3v) is 4.51. The summed E-state index contributed by atoms with van der Waals surface area (Å²) in [5.74, 6) is -1.17. The lowest BCUT2D eigenvalue weighted by Gasteiger charge is -2.08. The second-order valence-electron chi connectivity index (χ2n) is 5.48. The summed E-state index contributed by atoms with van der Waals surface area (Å²) in [6.45, 7) is 1.80. The highest BCUT2D eigenvalue weighted by Gasteiger charge is 2.18. The van der Waals surface area contributed by atoms with Gasteiger partial charge in [0.2, 0.25) is 5.91 Å². The third-order valence-electron chi connectivity index (χ3n) is 3.63. The van der Waals surface area contributed by atoms with Gasteiger partial charge in [0, 0.05) is 10.4 Å². The number of nitrogens with zero attached hydrogens (tertiary/aromatic N) is 2. The average Bonchev–Trinajstić information content (AvgIpc) is 3.25. The molecular formula is C17H16N4O4S. The summed E-state index contributed by atoms with van der Waals surface area (Å²) in [5.41, 5.74) is 1.55. The minimum Gasteiger partial charge on any atom is -0.333 e. The molecule has 134 valence electrons. The fourth-order valence-corrected chi connectivity index (χ4v) is 3.00. The Bertz CT molecular complexity index is 975. The molecule has 0 saturated carbocycles. The Labute approximate surface area is 152 Å². The number of carbonyl (C=O) groups is 2. The number of nitrogens with one attached hydrogen (secondary N) is 2. The molecule has 0 fully saturated rings. The summed E-state index contributed by atoms with van der Waals surface area (Å²) in [5, 5.41) is 10.4. The van der Waals surface area contributed by atoms with Crippen LogP contribution in [0.15, 0.2) is 51.1 Å². The number of hydrogen-bond donors (Lipinski definition) is 2. The highest BCUT2D eigenvalue weighted by Crippen LogP contribution is 2.19. The van der Waals surface area contributed by atoms with Crippen molar-refractivity contribution in [3.63, 3.8) is 0 Å². The molecule has 0 atom stereocenters. The minimum absolute atomic E-state index is 0.238. The molecule has 9 heteroatoms. The Kier molecular flexibility index (Phi) is 5.28. The third kappa shape index (κ3) is 4.06. The highest BCUT2D eigenvalue weighted by atomic mass is 32.1. The zero-order valence-electron chi connectivity index (χ0n) is 13.9.